The highest BCUT2D eigenvalue weighted by atomic mass is 35.5. The molecule has 0 aliphatic heterocycles. The van der Waals surface area contributed by atoms with Gasteiger partial charge in [0.2, 0.25) is 10.9 Å². The molecule has 0 aliphatic rings. The summed E-state index contributed by atoms with van der Waals surface area (Å²) in [5.41, 5.74) is 2.66. The van der Waals surface area contributed by atoms with Gasteiger partial charge in [0.25, 0.3) is 11.9 Å². The Morgan fingerprint density at radius 1 is 1.07 bits per heavy atom. The lowest BCUT2D eigenvalue weighted by Crippen LogP contribution is -2.13. The van der Waals surface area contributed by atoms with Gasteiger partial charge in [-0.1, -0.05) is 35.3 Å². The zero-order chi connectivity index (χ0) is 20.5. The third-order valence-electron chi connectivity index (χ3n) is 3.98. The van der Waals surface area contributed by atoms with Crippen LogP contribution in [0.15, 0.2) is 47.8 Å². The molecule has 146 valence electrons. The smallest absolute Gasteiger partial charge is 0.259 e. The molecule has 2 N–H and O–H groups in total. The van der Waals surface area contributed by atoms with Crippen LogP contribution >= 0.6 is 34.5 Å². The quantitative estimate of drug-likeness (QED) is 0.463. The summed E-state index contributed by atoms with van der Waals surface area (Å²) >= 11 is 13.4. The van der Waals surface area contributed by atoms with Crippen molar-refractivity contribution in [3.8, 4) is 11.3 Å². The number of amides is 2. The van der Waals surface area contributed by atoms with E-state index in [1.807, 2.05) is 17.5 Å². The van der Waals surface area contributed by atoms with E-state index < -0.39 is 5.91 Å². The maximum atomic E-state index is 12.5. The molecule has 4 aromatic rings. The standard InChI is InChI=1S/C19H13Cl2N5O2S/c1-10(27)22-13-5-2-11(3-6-13)16-9-29-19-24-18(25-26(16)19)23-17(28)14-8-12(20)4-7-15(14)21/h2-9H,1H3,(H,22,27)(H,23,25,28). The van der Waals surface area contributed by atoms with Crippen LogP contribution in [0.1, 0.15) is 17.3 Å². The van der Waals surface area contributed by atoms with Crippen LogP contribution in [0, 0.1) is 0 Å². The second kappa shape index (κ2) is 7.82. The molecule has 0 spiro atoms. The van der Waals surface area contributed by atoms with Gasteiger partial charge in [-0.15, -0.1) is 16.4 Å². The summed E-state index contributed by atoms with van der Waals surface area (Å²) in [6.45, 7) is 1.46. The number of benzene rings is 2. The number of anilines is 2. The molecule has 7 nitrogen and oxygen atoms in total. The lowest BCUT2D eigenvalue weighted by atomic mass is 10.1. The Bertz CT molecular complexity index is 1230. The first-order valence-corrected chi connectivity index (χ1v) is 10.0. The maximum Gasteiger partial charge on any atom is 0.259 e. The molecule has 2 heterocycles. The number of carbonyl (C=O) groups excluding carboxylic acids is 2. The molecule has 2 aromatic heterocycles. The molecular formula is C19H13Cl2N5O2S. The summed E-state index contributed by atoms with van der Waals surface area (Å²) in [6, 6.07) is 12.0. The third-order valence-corrected chi connectivity index (χ3v) is 5.36. The van der Waals surface area contributed by atoms with Gasteiger partial charge in [0.15, 0.2) is 0 Å². The Morgan fingerprint density at radius 2 is 1.83 bits per heavy atom. The van der Waals surface area contributed by atoms with E-state index in [4.69, 9.17) is 23.2 Å². The van der Waals surface area contributed by atoms with Crippen LogP contribution in [0.4, 0.5) is 11.6 Å². The normalized spacial score (nSPS) is 10.9. The third kappa shape index (κ3) is 4.09. The zero-order valence-corrected chi connectivity index (χ0v) is 17.3. The van der Waals surface area contributed by atoms with Gasteiger partial charge in [-0.2, -0.15) is 4.98 Å². The number of carbonyl (C=O) groups is 2. The van der Waals surface area contributed by atoms with Gasteiger partial charge in [-0.05, 0) is 30.3 Å². The zero-order valence-electron chi connectivity index (χ0n) is 14.9. The Balaban J connectivity index is 1.60. The summed E-state index contributed by atoms with van der Waals surface area (Å²) in [6.07, 6.45) is 0. The van der Waals surface area contributed by atoms with Crippen molar-refractivity contribution >= 4 is 62.9 Å². The van der Waals surface area contributed by atoms with Gasteiger partial charge in [-0.3, -0.25) is 14.9 Å². The van der Waals surface area contributed by atoms with E-state index in [1.165, 1.54) is 24.3 Å². The number of hydrogen-bond donors (Lipinski definition) is 2. The molecular weight excluding hydrogens is 433 g/mol. The number of rotatable bonds is 4. The molecule has 4 rings (SSSR count). The van der Waals surface area contributed by atoms with E-state index in [2.05, 4.69) is 20.7 Å². The molecule has 0 radical (unpaired) electrons. The van der Waals surface area contributed by atoms with Crippen molar-refractivity contribution in [2.75, 3.05) is 10.6 Å². The minimum Gasteiger partial charge on any atom is -0.326 e. The van der Waals surface area contributed by atoms with Crippen molar-refractivity contribution in [1.82, 2.24) is 14.6 Å². The number of fused-ring (bicyclic) bond motifs is 1. The number of thiazole rings is 1. The van der Waals surface area contributed by atoms with Crippen molar-refractivity contribution in [2.24, 2.45) is 0 Å². The molecule has 2 amide bonds. The fraction of sp³-hybridized carbons (Fsp3) is 0.0526. The molecule has 2 aromatic carbocycles. The van der Waals surface area contributed by atoms with E-state index in [0.29, 0.717) is 15.7 Å². The molecule has 0 saturated heterocycles. The first-order valence-electron chi connectivity index (χ1n) is 8.39. The van der Waals surface area contributed by atoms with Gasteiger partial charge >= 0.3 is 0 Å². The van der Waals surface area contributed by atoms with Crippen LogP contribution in [-0.4, -0.2) is 26.4 Å². The van der Waals surface area contributed by atoms with Crippen molar-refractivity contribution in [2.45, 2.75) is 6.92 Å². The number of aromatic nitrogens is 3. The van der Waals surface area contributed by atoms with E-state index in [9.17, 15) is 9.59 Å². The van der Waals surface area contributed by atoms with Gasteiger partial charge in [-0.25, -0.2) is 4.52 Å². The van der Waals surface area contributed by atoms with Gasteiger partial charge in [0.1, 0.15) is 0 Å². The topological polar surface area (TPSA) is 88.4 Å². The van der Waals surface area contributed by atoms with Crippen LogP contribution in [0.25, 0.3) is 16.2 Å². The Kier molecular flexibility index (Phi) is 5.23. The van der Waals surface area contributed by atoms with E-state index in [0.717, 1.165) is 11.3 Å². The summed E-state index contributed by atoms with van der Waals surface area (Å²) in [5.74, 6) is -0.418. The first-order chi connectivity index (χ1) is 13.9. The number of halogens is 2. The fourth-order valence-corrected chi connectivity index (χ4v) is 3.91. The average Bonchev–Trinajstić information content (AvgIpc) is 3.24. The molecule has 29 heavy (non-hydrogen) atoms. The Morgan fingerprint density at radius 3 is 2.55 bits per heavy atom. The summed E-state index contributed by atoms with van der Waals surface area (Å²) < 4.78 is 1.65. The first kappa shape index (κ1) is 19.4. The van der Waals surface area contributed by atoms with Crippen molar-refractivity contribution in [3.05, 3.63) is 63.5 Å². The summed E-state index contributed by atoms with van der Waals surface area (Å²) in [7, 11) is 0. The van der Waals surface area contributed by atoms with Crippen LogP contribution in [-0.2, 0) is 4.79 Å². The lowest BCUT2D eigenvalue weighted by molar-refractivity contribution is -0.114. The largest absolute Gasteiger partial charge is 0.326 e. The van der Waals surface area contributed by atoms with Crippen LogP contribution in [0.2, 0.25) is 10.0 Å². The van der Waals surface area contributed by atoms with E-state index in [-0.39, 0.29) is 22.4 Å². The minimum absolute atomic E-state index is 0.132. The predicted molar refractivity (Wildman–Crippen MR) is 115 cm³/mol. The Hall–Kier alpha value is -2.94. The predicted octanol–water partition coefficient (Wildman–Crippen LogP) is 4.98. The molecule has 0 saturated carbocycles. The highest BCUT2D eigenvalue weighted by Crippen LogP contribution is 2.27. The summed E-state index contributed by atoms with van der Waals surface area (Å²) in [4.78, 5) is 28.6. The molecule has 0 bridgehead atoms. The number of nitrogens with one attached hydrogen (secondary N) is 2. The van der Waals surface area contributed by atoms with Gasteiger partial charge < -0.3 is 5.32 Å². The molecule has 0 aliphatic carbocycles. The van der Waals surface area contributed by atoms with E-state index in [1.54, 1.807) is 28.8 Å². The molecule has 0 atom stereocenters. The number of nitrogens with zero attached hydrogens (tertiary/aromatic N) is 3. The molecule has 10 heteroatoms. The van der Waals surface area contributed by atoms with Crippen LogP contribution in [0.3, 0.4) is 0 Å². The van der Waals surface area contributed by atoms with Gasteiger partial charge in [0.05, 0.1) is 16.3 Å². The van der Waals surface area contributed by atoms with Crippen molar-refractivity contribution in [1.29, 1.82) is 0 Å². The van der Waals surface area contributed by atoms with E-state index >= 15 is 0 Å². The summed E-state index contributed by atoms with van der Waals surface area (Å²) in [5, 5.41) is 12.4. The maximum absolute atomic E-state index is 12.5. The van der Waals surface area contributed by atoms with Crippen LogP contribution in [0.5, 0.6) is 0 Å². The highest BCUT2D eigenvalue weighted by molar-refractivity contribution is 7.15. The lowest BCUT2D eigenvalue weighted by Gasteiger charge is -2.04. The molecule has 0 unspecified atom stereocenters. The van der Waals surface area contributed by atoms with Crippen LogP contribution < -0.4 is 10.6 Å². The van der Waals surface area contributed by atoms with Gasteiger partial charge in [0, 0.05) is 28.6 Å². The fourth-order valence-electron chi connectivity index (χ4n) is 2.70. The average molecular weight is 446 g/mol. The minimum atomic E-state index is -0.447. The molecule has 0 fully saturated rings. The highest BCUT2D eigenvalue weighted by Gasteiger charge is 2.16. The monoisotopic (exact) mass is 445 g/mol. The second-order valence-corrected chi connectivity index (χ2v) is 7.77. The number of hydrogen-bond acceptors (Lipinski definition) is 5. The Labute approximate surface area is 179 Å². The van der Waals surface area contributed by atoms with Crippen molar-refractivity contribution < 1.29 is 9.59 Å². The SMILES string of the molecule is CC(=O)Nc1ccc(-c2csc3nc(NC(=O)c4cc(Cl)ccc4Cl)nn23)cc1. The second-order valence-electron chi connectivity index (χ2n) is 6.09. The van der Waals surface area contributed by atoms with Crippen molar-refractivity contribution in [3.63, 3.8) is 0 Å².